The van der Waals surface area contributed by atoms with E-state index < -0.39 is 16.0 Å². The molecule has 6 nitrogen and oxygen atoms in total. The van der Waals surface area contributed by atoms with Gasteiger partial charge >= 0.3 is 5.97 Å². The van der Waals surface area contributed by atoms with Crippen molar-refractivity contribution in [3.8, 4) is 0 Å². The number of aromatic carboxylic acids is 1. The summed E-state index contributed by atoms with van der Waals surface area (Å²) >= 11 is 0. The molecule has 1 aromatic heterocycles. The first-order chi connectivity index (χ1) is 8.90. The molecule has 0 aromatic carbocycles. The Morgan fingerprint density at radius 3 is 2.74 bits per heavy atom. The van der Waals surface area contributed by atoms with Crippen LogP contribution in [0.2, 0.25) is 0 Å². The SMILES string of the molecule is Cn1cc(S(=O)(=O)NCCCC2CC2)cc1C(=O)O. The van der Waals surface area contributed by atoms with Gasteiger partial charge < -0.3 is 9.67 Å². The summed E-state index contributed by atoms with van der Waals surface area (Å²) in [5, 5.41) is 8.89. The van der Waals surface area contributed by atoms with Gasteiger partial charge in [0.25, 0.3) is 0 Å². The summed E-state index contributed by atoms with van der Waals surface area (Å²) in [6.45, 7) is 0.399. The van der Waals surface area contributed by atoms with Gasteiger partial charge in [0.2, 0.25) is 10.0 Å². The van der Waals surface area contributed by atoms with Crippen LogP contribution < -0.4 is 4.72 Å². The van der Waals surface area contributed by atoms with E-state index in [1.165, 1.54) is 36.7 Å². The first-order valence-corrected chi connectivity index (χ1v) is 7.78. The van der Waals surface area contributed by atoms with Crippen molar-refractivity contribution in [2.75, 3.05) is 6.54 Å². The van der Waals surface area contributed by atoms with Crippen LogP contribution in [0.5, 0.6) is 0 Å². The summed E-state index contributed by atoms with van der Waals surface area (Å²) in [6.07, 6.45) is 5.70. The molecule has 0 bridgehead atoms. The third-order valence-electron chi connectivity index (χ3n) is 3.29. The molecule has 19 heavy (non-hydrogen) atoms. The summed E-state index contributed by atoms with van der Waals surface area (Å²) in [7, 11) is -2.10. The Bertz CT molecular complexity index is 573. The van der Waals surface area contributed by atoms with Crippen molar-refractivity contribution < 1.29 is 18.3 Å². The van der Waals surface area contributed by atoms with Gasteiger partial charge in [-0.2, -0.15) is 0 Å². The maximum absolute atomic E-state index is 12.0. The number of carboxylic acid groups (broad SMARTS) is 1. The number of aromatic nitrogens is 1. The molecular formula is C12H18N2O4S. The fourth-order valence-corrected chi connectivity index (χ4v) is 3.12. The van der Waals surface area contributed by atoms with Crippen molar-refractivity contribution in [1.82, 2.24) is 9.29 Å². The molecule has 1 fully saturated rings. The molecule has 1 aliphatic carbocycles. The Labute approximate surface area is 112 Å². The van der Waals surface area contributed by atoms with E-state index in [9.17, 15) is 13.2 Å². The molecule has 0 amide bonds. The summed E-state index contributed by atoms with van der Waals surface area (Å²) in [6, 6.07) is 1.17. The quantitative estimate of drug-likeness (QED) is 0.737. The van der Waals surface area contributed by atoms with E-state index in [1.54, 1.807) is 0 Å². The van der Waals surface area contributed by atoms with Gasteiger partial charge in [0.05, 0.1) is 0 Å². The van der Waals surface area contributed by atoms with Gasteiger partial charge in [-0.25, -0.2) is 17.9 Å². The summed E-state index contributed by atoms with van der Waals surface area (Å²) in [5.74, 6) is -0.363. The minimum atomic E-state index is -3.61. The van der Waals surface area contributed by atoms with Gasteiger partial charge in [-0.3, -0.25) is 0 Å². The minimum Gasteiger partial charge on any atom is -0.477 e. The highest BCUT2D eigenvalue weighted by Gasteiger charge is 2.22. The molecule has 1 aromatic rings. The maximum atomic E-state index is 12.0. The number of hydrogen-bond acceptors (Lipinski definition) is 3. The highest BCUT2D eigenvalue weighted by molar-refractivity contribution is 7.89. The Balaban J connectivity index is 1.97. The van der Waals surface area contributed by atoms with Crippen molar-refractivity contribution in [3.63, 3.8) is 0 Å². The van der Waals surface area contributed by atoms with Crippen LogP contribution in [0.1, 0.15) is 36.2 Å². The molecular weight excluding hydrogens is 268 g/mol. The molecule has 1 heterocycles. The third-order valence-corrected chi connectivity index (χ3v) is 4.72. The lowest BCUT2D eigenvalue weighted by atomic mass is 10.2. The van der Waals surface area contributed by atoms with E-state index in [-0.39, 0.29) is 10.6 Å². The van der Waals surface area contributed by atoms with Gasteiger partial charge in [-0.1, -0.05) is 12.8 Å². The number of nitrogens with one attached hydrogen (secondary N) is 1. The zero-order valence-corrected chi connectivity index (χ0v) is 11.6. The lowest BCUT2D eigenvalue weighted by molar-refractivity contribution is 0.0686. The number of nitrogens with zero attached hydrogens (tertiary/aromatic N) is 1. The molecule has 1 aliphatic rings. The van der Waals surface area contributed by atoms with Gasteiger partial charge in [0, 0.05) is 19.8 Å². The van der Waals surface area contributed by atoms with Crippen molar-refractivity contribution in [3.05, 3.63) is 18.0 Å². The number of carbonyl (C=O) groups is 1. The Morgan fingerprint density at radius 2 is 2.21 bits per heavy atom. The van der Waals surface area contributed by atoms with Crippen LogP contribution in [0, 0.1) is 5.92 Å². The van der Waals surface area contributed by atoms with Gasteiger partial charge in [0.15, 0.2) is 0 Å². The lowest BCUT2D eigenvalue weighted by Gasteiger charge is -2.04. The summed E-state index contributed by atoms with van der Waals surface area (Å²) < 4.78 is 27.7. The molecule has 0 radical (unpaired) electrons. The van der Waals surface area contributed by atoms with Crippen LogP contribution >= 0.6 is 0 Å². The molecule has 0 atom stereocenters. The molecule has 2 N–H and O–H groups in total. The zero-order valence-electron chi connectivity index (χ0n) is 10.8. The number of carboxylic acids is 1. The van der Waals surface area contributed by atoms with E-state index in [1.807, 2.05) is 0 Å². The van der Waals surface area contributed by atoms with E-state index >= 15 is 0 Å². The van der Waals surface area contributed by atoms with Gasteiger partial charge in [-0.05, 0) is 24.8 Å². The van der Waals surface area contributed by atoms with Crippen LogP contribution in [-0.2, 0) is 17.1 Å². The van der Waals surface area contributed by atoms with E-state index in [0.29, 0.717) is 6.54 Å². The van der Waals surface area contributed by atoms with Gasteiger partial charge in [0.1, 0.15) is 10.6 Å². The van der Waals surface area contributed by atoms with Crippen LogP contribution in [0.25, 0.3) is 0 Å². The highest BCUT2D eigenvalue weighted by atomic mass is 32.2. The van der Waals surface area contributed by atoms with Gasteiger partial charge in [-0.15, -0.1) is 0 Å². The zero-order chi connectivity index (χ0) is 14.0. The average molecular weight is 286 g/mol. The van der Waals surface area contributed by atoms with Crippen LogP contribution in [0.3, 0.4) is 0 Å². The second-order valence-electron chi connectivity index (χ2n) is 4.96. The highest BCUT2D eigenvalue weighted by Crippen LogP contribution is 2.33. The van der Waals surface area contributed by atoms with Crippen LogP contribution in [0.15, 0.2) is 17.2 Å². The molecule has 0 saturated heterocycles. The molecule has 106 valence electrons. The number of aryl methyl sites for hydroxylation is 1. The van der Waals surface area contributed by atoms with Crippen molar-refractivity contribution in [2.45, 2.75) is 30.6 Å². The van der Waals surface area contributed by atoms with Crippen molar-refractivity contribution >= 4 is 16.0 Å². The van der Waals surface area contributed by atoms with Crippen LogP contribution in [0.4, 0.5) is 0 Å². The topological polar surface area (TPSA) is 88.4 Å². The largest absolute Gasteiger partial charge is 0.477 e. The number of rotatable bonds is 7. The summed E-state index contributed by atoms with van der Waals surface area (Å²) in [4.78, 5) is 10.9. The molecule has 0 spiro atoms. The predicted molar refractivity (Wildman–Crippen MR) is 69.5 cm³/mol. The first-order valence-electron chi connectivity index (χ1n) is 6.29. The maximum Gasteiger partial charge on any atom is 0.352 e. The minimum absolute atomic E-state index is 0.00109. The molecule has 1 saturated carbocycles. The van der Waals surface area contributed by atoms with E-state index in [0.717, 1.165) is 18.8 Å². The monoisotopic (exact) mass is 286 g/mol. The van der Waals surface area contributed by atoms with Crippen molar-refractivity contribution in [2.24, 2.45) is 13.0 Å². The van der Waals surface area contributed by atoms with E-state index in [4.69, 9.17) is 5.11 Å². The Hall–Kier alpha value is -1.34. The van der Waals surface area contributed by atoms with Crippen molar-refractivity contribution in [1.29, 1.82) is 0 Å². The molecule has 0 aliphatic heterocycles. The molecule has 0 unspecified atom stereocenters. The van der Waals surface area contributed by atoms with E-state index in [2.05, 4.69) is 4.72 Å². The number of hydrogen-bond donors (Lipinski definition) is 2. The third kappa shape index (κ3) is 3.57. The fourth-order valence-electron chi connectivity index (χ4n) is 1.98. The lowest BCUT2D eigenvalue weighted by Crippen LogP contribution is -2.24. The second-order valence-corrected chi connectivity index (χ2v) is 6.73. The normalized spacial score (nSPS) is 15.6. The molecule has 2 rings (SSSR count). The Kier molecular flexibility index (Phi) is 3.96. The Morgan fingerprint density at radius 1 is 1.53 bits per heavy atom. The van der Waals surface area contributed by atoms with Crippen LogP contribution in [-0.4, -0.2) is 30.6 Å². The predicted octanol–water partition coefficient (Wildman–Crippen LogP) is 1.19. The average Bonchev–Trinajstić information content (AvgIpc) is 3.05. The summed E-state index contributed by atoms with van der Waals surface area (Å²) in [5.41, 5.74) is -0.0432. The standard InChI is InChI=1S/C12H18N2O4S/c1-14-8-10(7-11(14)12(15)16)19(17,18)13-6-2-3-9-4-5-9/h7-9,13H,2-6H2,1H3,(H,15,16). The first kappa shape index (κ1) is 14.1. The second kappa shape index (κ2) is 5.34. The molecule has 7 heteroatoms. The smallest absolute Gasteiger partial charge is 0.352 e. The fraction of sp³-hybridized carbons (Fsp3) is 0.583. The number of sulfonamides is 1.